The Morgan fingerprint density at radius 1 is 1.06 bits per heavy atom. The highest BCUT2D eigenvalue weighted by Gasteiger charge is 2.28. The predicted molar refractivity (Wildman–Crippen MR) is 119 cm³/mol. The van der Waals surface area contributed by atoms with Crippen molar-refractivity contribution in [1.29, 1.82) is 0 Å². The molecule has 2 aromatic rings. The molecule has 1 N–H and O–H groups in total. The van der Waals surface area contributed by atoms with E-state index in [2.05, 4.69) is 22.3 Å². The van der Waals surface area contributed by atoms with E-state index >= 15 is 0 Å². The van der Waals surface area contributed by atoms with Gasteiger partial charge in [-0.15, -0.1) is 0 Å². The Balaban J connectivity index is 1.47. The molecule has 2 atom stereocenters. The molecule has 0 aromatic heterocycles. The highest BCUT2D eigenvalue weighted by molar-refractivity contribution is 5.85. The predicted octanol–water partition coefficient (Wildman–Crippen LogP) is 2.81. The number of morpholine rings is 1. The minimum absolute atomic E-state index is 0.0749. The first-order valence-corrected chi connectivity index (χ1v) is 10.9. The Bertz CT molecular complexity index is 826. The molecule has 166 valence electrons. The molecule has 6 nitrogen and oxygen atoms in total. The number of nitrogens with one attached hydrogen (secondary N) is 1. The van der Waals surface area contributed by atoms with Crippen molar-refractivity contribution in [3.8, 4) is 0 Å². The molecule has 0 saturated carbocycles. The van der Waals surface area contributed by atoms with E-state index in [1.54, 1.807) is 0 Å². The van der Waals surface area contributed by atoms with Gasteiger partial charge >= 0.3 is 5.97 Å². The number of amides is 1. The molecular formula is C25H32N2O4. The largest absolute Gasteiger partial charge is 0.461 e. The third-order valence-corrected chi connectivity index (χ3v) is 5.33. The summed E-state index contributed by atoms with van der Waals surface area (Å²) in [6.45, 7) is 6.98. The zero-order valence-electron chi connectivity index (χ0n) is 18.3. The van der Waals surface area contributed by atoms with Gasteiger partial charge in [-0.1, -0.05) is 74.5 Å². The fourth-order valence-corrected chi connectivity index (χ4v) is 3.63. The monoisotopic (exact) mass is 424 g/mol. The van der Waals surface area contributed by atoms with Crippen LogP contribution in [-0.4, -0.2) is 55.2 Å². The van der Waals surface area contributed by atoms with Crippen LogP contribution in [0.15, 0.2) is 60.7 Å². The maximum atomic E-state index is 12.7. The van der Waals surface area contributed by atoms with Crippen LogP contribution in [-0.2, 0) is 32.0 Å². The van der Waals surface area contributed by atoms with Gasteiger partial charge < -0.3 is 14.8 Å². The van der Waals surface area contributed by atoms with Crippen molar-refractivity contribution in [2.45, 2.75) is 39.0 Å². The molecule has 0 bridgehead atoms. The maximum absolute atomic E-state index is 12.7. The Morgan fingerprint density at radius 2 is 1.71 bits per heavy atom. The summed E-state index contributed by atoms with van der Waals surface area (Å²) in [7, 11) is 0. The van der Waals surface area contributed by atoms with Crippen molar-refractivity contribution in [3.63, 3.8) is 0 Å². The summed E-state index contributed by atoms with van der Waals surface area (Å²) >= 11 is 0. The molecular weight excluding hydrogens is 392 g/mol. The minimum Gasteiger partial charge on any atom is -0.461 e. The zero-order valence-corrected chi connectivity index (χ0v) is 18.3. The van der Waals surface area contributed by atoms with Gasteiger partial charge in [-0.25, -0.2) is 4.79 Å². The molecule has 1 aliphatic rings. The van der Waals surface area contributed by atoms with E-state index < -0.39 is 12.0 Å². The highest BCUT2D eigenvalue weighted by Crippen LogP contribution is 2.12. The molecule has 1 fully saturated rings. The van der Waals surface area contributed by atoms with E-state index in [9.17, 15) is 9.59 Å². The second-order valence-electron chi connectivity index (χ2n) is 8.30. The van der Waals surface area contributed by atoms with Crippen LogP contribution in [0.1, 0.15) is 25.0 Å². The molecule has 6 heteroatoms. The van der Waals surface area contributed by atoms with Gasteiger partial charge in [-0.3, -0.25) is 9.69 Å². The van der Waals surface area contributed by atoms with E-state index in [0.717, 1.165) is 18.7 Å². The quantitative estimate of drug-likeness (QED) is 0.627. The van der Waals surface area contributed by atoms with Gasteiger partial charge in [0.1, 0.15) is 18.8 Å². The first kappa shape index (κ1) is 23.0. The topological polar surface area (TPSA) is 67.9 Å². The Morgan fingerprint density at radius 3 is 2.35 bits per heavy atom. The summed E-state index contributed by atoms with van der Waals surface area (Å²) in [5.74, 6) is -0.681. The van der Waals surface area contributed by atoms with E-state index in [4.69, 9.17) is 9.47 Å². The van der Waals surface area contributed by atoms with E-state index in [0.29, 0.717) is 13.2 Å². The van der Waals surface area contributed by atoms with Crippen LogP contribution >= 0.6 is 0 Å². The third-order valence-electron chi connectivity index (χ3n) is 5.33. The third kappa shape index (κ3) is 7.49. The molecule has 1 amide bonds. The lowest BCUT2D eigenvalue weighted by Crippen LogP contribution is -2.48. The molecule has 0 aliphatic carbocycles. The second-order valence-corrected chi connectivity index (χ2v) is 8.30. The molecule has 2 unspecified atom stereocenters. The van der Waals surface area contributed by atoms with Crippen LogP contribution in [0.2, 0.25) is 0 Å². The van der Waals surface area contributed by atoms with Gasteiger partial charge in [0.2, 0.25) is 5.91 Å². The Labute approximate surface area is 184 Å². The van der Waals surface area contributed by atoms with Crippen molar-refractivity contribution >= 4 is 11.9 Å². The SMILES string of the molecule is CC(C)C(NC(=O)Cc1ccccc1)C(=O)OCC1CN(Cc2ccccc2)CCO1. The summed E-state index contributed by atoms with van der Waals surface area (Å²) in [5.41, 5.74) is 2.16. The first-order chi connectivity index (χ1) is 15.0. The number of rotatable bonds is 9. The number of benzene rings is 2. The van der Waals surface area contributed by atoms with Gasteiger partial charge in [0.05, 0.1) is 13.0 Å². The molecule has 31 heavy (non-hydrogen) atoms. The van der Waals surface area contributed by atoms with Crippen LogP contribution in [0.4, 0.5) is 0 Å². The summed E-state index contributed by atoms with van der Waals surface area (Å²) in [6, 6.07) is 19.1. The van der Waals surface area contributed by atoms with Crippen LogP contribution in [0, 0.1) is 5.92 Å². The second kappa shape index (κ2) is 11.6. The smallest absolute Gasteiger partial charge is 0.328 e. The fraction of sp³-hybridized carbons (Fsp3) is 0.440. The van der Waals surface area contributed by atoms with E-state index in [-0.39, 0.29) is 31.0 Å². The van der Waals surface area contributed by atoms with Gasteiger partial charge in [-0.05, 0) is 17.0 Å². The molecule has 3 rings (SSSR count). The van der Waals surface area contributed by atoms with Crippen molar-refractivity contribution in [3.05, 3.63) is 71.8 Å². The standard InChI is InChI=1S/C25H32N2O4/c1-19(2)24(26-23(28)15-20-9-5-3-6-10-20)25(29)31-18-22-17-27(13-14-30-22)16-21-11-7-4-8-12-21/h3-12,19,22,24H,13-18H2,1-2H3,(H,26,28). The lowest BCUT2D eigenvalue weighted by Gasteiger charge is -2.33. The molecule has 0 spiro atoms. The lowest BCUT2D eigenvalue weighted by molar-refractivity contribution is -0.155. The number of nitrogens with zero attached hydrogens (tertiary/aromatic N) is 1. The number of esters is 1. The van der Waals surface area contributed by atoms with E-state index in [1.165, 1.54) is 5.56 Å². The van der Waals surface area contributed by atoms with Crippen molar-refractivity contribution in [2.24, 2.45) is 5.92 Å². The van der Waals surface area contributed by atoms with E-state index in [1.807, 2.05) is 62.4 Å². The summed E-state index contributed by atoms with van der Waals surface area (Å²) in [4.78, 5) is 27.4. The normalized spacial score (nSPS) is 17.8. The van der Waals surface area contributed by atoms with Crippen LogP contribution < -0.4 is 5.32 Å². The fourth-order valence-electron chi connectivity index (χ4n) is 3.63. The van der Waals surface area contributed by atoms with Gasteiger partial charge in [0, 0.05) is 19.6 Å². The summed E-state index contributed by atoms with van der Waals surface area (Å²) in [5, 5.41) is 2.83. The number of carbonyl (C=O) groups is 2. The van der Waals surface area contributed by atoms with Crippen LogP contribution in [0.5, 0.6) is 0 Å². The summed E-state index contributed by atoms with van der Waals surface area (Å²) < 4.78 is 11.3. The average Bonchev–Trinajstić information content (AvgIpc) is 2.77. The molecule has 1 heterocycles. The van der Waals surface area contributed by atoms with Crippen LogP contribution in [0.3, 0.4) is 0 Å². The van der Waals surface area contributed by atoms with Crippen molar-refractivity contribution < 1.29 is 19.1 Å². The van der Waals surface area contributed by atoms with Gasteiger partial charge in [0.15, 0.2) is 0 Å². The Hall–Kier alpha value is -2.70. The molecule has 0 radical (unpaired) electrons. The first-order valence-electron chi connectivity index (χ1n) is 10.9. The van der Waals surface area contributed by atoms with Crippen LogP contribution in [0.25, 0.3) is 0 Å². The van der Waals surface area contributed by atoms with Gasteiger partial charge in [-0.2, -0.15) is 0 Å². The lowest BCUT2D eigenvalue weighted by atomic mass is 10.0. The number of hydrogen-bond donors (Lipinski definition) is 1. The minimum atomic E-state index is -0.680. The highest BCUT2D eigenvalue weighted by atomic mass is 16.6. The van der Waals surface area contributed by atoms with Gasteiger partial charge in [0.25, 0.3) is 0 Å². The molecule has 2 aromatic carbocycles. The zero-order chi connectivity index (χ0) is 22.1. The number of ether oxygens (including phenoxy) is 2. The maximum Gasteiger partial charge on any atom is 0.328 e. The molecule has 1 aliphatic heterocycles. The molecule has 1 saturated heterocycles. The summed E-state index contributed by atoms with van der Waals surface area (Å²) in [6.07, 6.45) is 0.0617. The van der Waals surface area contributed by atoms with Crippen molar-refractivity contribution in [1.82, 2.24) is 10.2 Å². The number of hydrogen-bond acceptors (Lipinski definition) is 5. The van der Waals surface area contributed by atoms with Crippen molar-refractivity contribution in [2.75, 3.05) is 26.3 Å². The Kier molecular flexibility index (Phi) is 8.62. The number of carbonyl (C=O) groups excluding carboxylic acids is 2. The average molecular weight is 425 g/mol.